The SMILES string of the molecule is CC(=O)C[C@@H]1CCC[C@H](C(=O)Nc2cc(-c3cc(F)c4ncn(C(C)C)c4c3)c(C)cn2)C1.Cc1cnc(NC(=O)[C@H]2CCC[C@@H](C)C2)cc1-c1cc(F)c2ncn(C(C)C)c2c1. The number of amides is 2. The van der Waals surface area contributed by atoms with Crippen LogP contribution in [0.3, 0.4) is 0 Å². The van der Waals surface area contributed by atoms with Crippen LogP contribution in [0, 0.1) is 49.2 Å². The number of aryl methyl sites for hydroxylation is 2. The Morgan fingerprint density at radius 1 is 0.667 bits per heavy atom. The molecule has 6 aromatic rings. The summed E-state index contributed by atoms with van der Waals surface area (Å²) in [6.07, 6.45) is 14.9. The first kappa shape index (κ1) is 45.2. The Morgan fingerprint density at radius 3 is 1.57 bits per heavy atom. The number of Topliss-reactive ketones (excluding diaryl/α,β-unsaturated/α-hetero) is 1. The lowest BCUT2D eigenvalue weighted by Gasteiger charge is -2.27. The van der Waals surface area contributed by atoms with Crippen LogP contribution in [-0.4, -0.2) is 46.7 Å². The minimum Gasteiger partial charge on any atom is -0.328 e. The molecule has 0 bridgehead atoms. The summed E-state index contributed by atoms with van der Waals surface area (Å²) in [5, 5.41) is 5.94. The summed E-state index contributed by atoms with van der Waals surface area (Å²) in [5.74, 6) is 1.15. The molecule has 63 heavy (non-hydrogen) atoms. The summed E-state index contributed by atoms with van der Waals surface area (Å²) >= 11 is 0. The van der Waals surface area contributed by atoms with E-state index in [-0.39, 0.29) is 59.1 Å². The van der Waals surface area contributed by atoms with Crippen LogP contribution in [-0.2, 0) is 14.4 Å². The van der Waals surface area contributed by atoms with E-state index >= 15 is 0 Å². The second-order valence-electron chi connectivity index (χ2n) is 18.5. The molecule has 2 amide bonds. The number of anilines is 2. The van der Waals surface area contributed by atoms with Crippen LogP contribution < -0.4 is 10.6 Å². The monoisotopic (exact) mass is 858 g/mol. The van der Waals surface area contributed by atoms with Gasteiger partial charge in [0.25, 0.3) is 0 Å². The van der Waals surface area contributed by atoms with Crippen LogP contribution in [0.25, 0.3) is 44.3 Å². The number of nitrogens with zero attached hydrogens (tertiary/aromatic N) is 6. The third kappa shape index (κ3) is 10.3. The summed E-state index contributed by atoms with van der Waals surface area (Å²) in [5.41, 5.74) is 7.18. The van der Waals surface area contributed by atoms with Crippen LogP contribution in [0.5, 0.6) is 0 Å². The number of fused-ring (bicyclic) bond motifs is 2. The number of imidazole rings is 2. The zero-order valence-corrected chi connectivity index (χ0v) is 37.8. The fourth-order valence-corrected chi connectivity index (χ4v) is 9.37. The second-order valence-corrected chi connectivity index (χ2v) is 18.5. The van der Waals surface area contributed by atoms with Gasteiger partial charge in [0.2, 0.25) is 11.8 Å². The molecule has 11 nitrogen and oxygen atoms in total. The number of halogens is 2. The van der Waals surface area contributed by atoms with E-state index in [1.54, 1.807) is 38.0 Å². The van der Waals surface area contributed by atoms with Crippen molar-refractivity contribution in [2.75, 3.05) is 10.6 Å². The van der Waals surface area contributed by atoms with Crippen molar-refractivity contribution in [1.29, 1.82) is 0 Å². The van der Waals surface area contributed by atoms with Gasteiger partial charge in [-0.05, 0) is 162 Å². The minimum absolute atomic E-state index is 0.0309. The molecule has 332 valence electrons. The number of pyridine rings is 2. The van der Waals surface area contributed by atoms with Gasteiger partial charge in [0.05, 0.1) is 23.7 Å². The Bertz CT molecular complexity index is 2650. The fourth-order valence-electron chi connectivity index (χ4n) is 9.37. The van der Waals surface area contributed by atoms with Crippen LogP contribution >= 0.6 is 0 Å². The van der Waals surface area contributed by atoms with E-state index in [4.69, 9.17) is 0 Å². The largest absolute Gasteiger partial charge is 0.328 e. The lowest BCUT2D eigenvalue weighted by atomic mass is 9.79. The summed E-state index contributed by atoms with van der Waals surface area (Å²) < 4.78 is 33.5. The number of hydrogen-bond donors (Lipinski definition) is 2. The van der Waals surface area contributed by atoms with Gasteiger partial charge < -0.3 is 24.6 Å². The van der Waals surface area contributed by atoms with Crippen molar-refractivity contribution in [2.24, 2.45) is 23.7 Å². The molecule has 2 aliphatic carbocycles. The van der Waals surface area contributed by atoms with Crippen LogP contribution in [0.4, 0.5) is 20.4 Å². The molecule has 2 N–H and O–H groups in total. The van der Waals surface area contributed by atoms with Crippen molar-refractivity contribution in [1.82, 2.24) is 29.1 Å². The highest BCUT2D eigenvalue weighted by molar-refractivity contribution is 5.94. The van der Waals surface area contributed by atoms with Gasteiger partial charge in [-0.15, -0.1) is 0 Å². The molecule has 4 atom stereocenters. The van der Waals surface area contributed by atoms with E-state index in [0.717, 1.165) is 89.4 Å². The minimum atomic E-state index is -0.373. The van der Waals surface area contributed by atoms with Crippen LogP contribution in [0.1, 0.15) is 123 Å². The van der Waals surface area contributed by atoms with E-state index in [0.29, 0.717) is 35.0 Å². The van der Waals surface area contributed by atoms with Crippen molar-refractivity contribution in [3.63, 3.8) is 0 Å². The van der Waals surface area contributed by atoms with Gasteiger partial charge >= 0.3 is 0 Å². The molecule has 0 aliphatic heterocycles. The first-order valence-electron chi connectivity index (χ1n) is 22.4. The van der Waals surface area contributed by atoms with Gasteiger partial charge in [0, 0.05) is 42.7 Å². The number of benzene rings is 2. The highest BCUT2D eigenvalue weighted by Crippen LogP contribution is 2.35. The number of hydrogen-bond acceptors (Lipinski definition) is 7. The molecule has 0 radical (unpaired) electrons. The normalized spacial score (nSPS) is 19.0. The molecule has 2 fully saturated rings. The summed E-state index contributed by atoms with van der Waals surface area (Å²) in [6, 6.07) is 10.9. The molecular formula is C50H60F2N8O3. The Balaban J connectivity index is 0.000000190. The molecule has 0 spiro atoms. The average molecular weight is 859 g/mol. The first-order valence-corrected chi connectivity index (χ1v) is 22.4. The Hall–Kier alpha value is -5.85. The topological polar surface area (TPSA) is 137 Å². The summed E-state index contributed by atoms with van der Waals surface area (Å²) in [4.78, 5) is 54.4. The van der Waals surface area contributed by atoms with Gasteiger partial charge in [-0.25, -0.2) is 28.7 Å². The Morgan fingerprint density at radius 2 is 1.13 bits per heavy atom. The third-order valence-electron chi connectivity index (χ3n) is 12.7. The summed E-state index contributed by atoms with van der Waals surface area (Å²) in [6.45, 7) is 15.8. The highest BCUT2D eigenvalue weighted by Gasteiger charge is 2.29. The predicted molar refractivity (Wildman–Crippen MR) is 245 cm³/mol. The molecule has 4 aromatic heterocycles. The van der Waals surface area contributed by atoms with Crippen molar-refractivity contribution in [3.05, 3.63) is 84.2 Å². The Labute approximate surface area is 368 Å². The predicted octanol–water partition coefficient (Wildman–Crippen LogP) is 11.7. The quantitative estimate of drug-likeness (QED) is 0.140. The number of carbonyl (C=O) groups excluding carboxylic acids is 3. The summed E-state index contributed by atoms with van der Waals surface area (Å²) in [7, 11) is 0. The van der Waals surface area contributed by atoms with Crippen molar-refractivity contribution < 1.29 is 23.2 Å². The molecule has 2 saturated carbocycles. The van der Waals surface area contributed by atoms with Gasteiger partial charge in [-0.1, -0.05) is 26.2 Å². The molecule has 2 aliphatic rings. The molecular weight excluding hydrogens is 799 g/mol. The Kier molecular flexibility index (Phi) is 13.8. The number of carbonyl (C=O) groups is 3. The van der Waals surface area contributed by atoms with Crippen LogP contribution in [0.2, 0.25) is 0 Å². The number of rotatable bonds is 10. The highest BCUT2D eigenvalue weighted by atomic mass is 19.1. The molecule has 13 heteroatoms. The number of ketones is 1. The van der Waals surface area contributed by atoms with Gasteiger partial charge in [-0.3, -0.25) is 9.59 Å². The maximum absolute atomic E-state index is 14.8. The van der Waals surface area contributed by atoms with Crippen molar-refractivity contribution in [3.8, 4) is 22.3 Å². The van der Waals surface area contributed by atoms with Crippen molar-refractivity contribution >= 4 is 51.3 Å². The molecule has 0 saturated heterocycles. The van der Waals surface area contributed by atoms with E-state index in [1.165, 1.54) is 18.6 Å². The first-order chi connectivity index (χ1) is 30.1. The zero-order valence-electron chi connectivity index (χ0n) is 37.8. The van der Waals surface area contributed by atoms with E-state index in [9.17, 15) is 23.2 Å². The smallest absolute Gasteiger partial charge is 0.228 e. The van der Waals surface area contributed by atoms with Gasteiger partial charge in [-0.2, -0.15) is 0 Å². The average Bonchev–Trinajstić information content (AvgIpc) is 3.88. The standard InChI is InChI=1S/C26H31FN4O2.C24H29FN4O/c1-15(2)31-14-29-25-22(27)10-20(11-23(25)31)21-12-24(28-13-16(21)3)30-26(33)19-7-5-6-18(9-19)8-17(4)32;1-14(2)29-13-27-23-20(25)9-18(10-21(23)29)19-11-22(26-12-16(19)4)28-24(30)17-7-5-6-15(3)8-17/h10-15,18-19H,5-9H2,1-4H3,(H,28,30,33);9-15,17H,5-8H2,1-4H3,(H,26,28,30)/t18-,19-;15-,17+/m01/s1. The molecule has 8 rings (SSSR count). The van der Waals surface area contributed by atoms with Gasteiger partial charge in [0.15, 0.2) is 11.6 Å². The van der Waals surface area contributed by atoms with E-state index < -0.39 is 0 Å². The van der Waals surface area contributed by atoms with E-state index in [2.05, 4.69) is 37.5 Å². The third-order valence-corrected chi connectivity index (χ3v) is 12.7. The maximum atomic E-state index is 14.8. The molecule has 4 heterocycles. The second kappa shape index (κ2) is 19.3. The van der Waals surface area contributed by atoms with Crippen molar-refractivity contribution in [2.45, 2.75) is 125 Å². The molecule has 0 unspecified atom stereocenters. The van der Waals surface area contributed by atoms with Gasteiger partial charge in [0.1, 0.15) is 28.5 Å². The lowest BCUT2D eigenvalue weighted by Crippen LogP contribution is -2.29. The fraction of sp³-hybridized carbons (Fsp3) is 0.460. The number of nitrogens with one attached hydrogen (secondary N) is 2. The van der Waals surface area contributed by atoms with Crippen LogP contribution in [0.15, 0.2) is 61.4 Å². The van der Waals surface area contributed by atoms with E-state index in [1.807, 2.05) is 68.9 Å². The number of aromatic nitrogens is 6. The zero-order chi connectivity index (χ0) is 45.1. The molecule has 2 aromatic carbocycles. The lowest BCUT2D eigenvalue weighted by molar-refractivity contribution is -0.123. The maximum Gasteiger partial charge on any atom is 0.228 e.